The molecule has 1 amide bonds. The largest absolute Gasteiger partial charge is 0.343 e. The fraction of sp³-hybridized carbons (Fsp3) is 0.188. The molecule has 2 nitrogen and oxygen atoms in total. The molecular formula is C16H14Br2ClNO. The van der Waals surface area contributed by atoms with Gasteiger partial charge in [-0.05, 0) is 65.7 Å². The molecule has 0 aliphatic carbocycles. The monoisotopic (exact) mass is 429 g/mol. The molecule has 0 bridgehead atoms. The third-order valence-electron chi connectivity index (χ3n) is 3.17. The molecule has 110 valence electrons. The van der Waals surface area contributed by atoms with E-state index in [0.717, 1.165) is 10.0 Å². The van der Waals surface area contributed by atoms with Crippen LogP contribution in [0.1, 0.15) is 29.8 Å². The van der Waals surface area contributed by atoms with Gasteiger partial charge in [-0.25, -0.2) is 0 Å². The van der Waals surface area contributed by atoms with Gasteiger partial charge in [0, 0.05) is 14.0 Å². The van der Waals surface area contributed by atoms with Crippen molar-refractivity contribution in [3.8, 4) is 0 Å². The average molecular weight is 432 g/mol. The third kappa shape index (κ3) is 4.09. The Balaban J connectivity index is 2.23. The first-order chi connectivity index (χ1) is 9.79. The van der Waals surface area contributed by atoms with Gasteiger partial charge in [-0.1, -0.05) is 39.7 Å². The lowest BCUT2D eigenvalue weighted by Gasteiger charge is -2.27. The first-order valence-corrected chi connectivity index (χ1v) is 8.29. The van der Waals surface area contributed by atoms with Crippen LogP contribution >= 0.6 is 43.5 Å². The smallest absolute Gasteiger partial charge is 0.253 e. The van der Waals surface area contributed by atoms with Crippen LogP contribution in [0.15, 0.2) is 51.4 Å². The lowest BCUT2D eigenvalue weighted by Crippen LogP contribution is -2.41. The summed E-state index contributed by atoms with van der Waals surface area (Å²) in [7, 11) is 0. The predicted molar refractivity (Wildman–Crippen MR) is 93.8 cm³/mol. The van der Waals surface area contributed by atoms with Crippen LogP contribution < -0.4 is 5.32 Å². The van der Waals surface area contributed by atoms with Crippen molar-refractivity contribution in [3.05, 3.63) is 67.6 Å². The van der Waals surface area contributed by atoms with Crippen molar-refractivity contribution in [2.45, 2.75) is 19.4 Å². The zero-order valence-corrected chi connectivity index (χ0v) is 15.5. The highest BCUT2D eigenvalue weighted by molar-refractivity contribution is 9.10. The van der Waals surface area contributed by atoms with Crippen LogP contribution in [0, 0.1) is 0 Å². The summed E-state index contributed by atoms with van der Waals surface area (Å²) in [6.45, 7) is 3.94. The second-order valence-electron chi connectivity index (χ2n) is 5.21. The molecule has 0 atom stereocenters. The predicted octanol–water partition coefficient (Wildman–Crippen LogP) is 5.53. The zero-order valence-electron chi connectivity index (χ0n) is 11.6. The van der Waals surface area contributed by atoms with E-state index in [1.807, 2.05) is 38.1 Å². The molecule has 0 aromatic heterocycles. The molecule has 21 heavy (non-hydrogen) atoms. The van der Waals surface area contributed by atoms with Gasteiger partial charge >= 0.3 is 0 Å². The molecule has 0 aliphatic heterocycles. The van der Waals surface area contributed by atoms with Gasteiger partial charge in [-0.15, -0.1) is 0 Å². The Morgan fingerprint density at radius 1 is 1.10 bits per heavy atom. The Morgan fingerprint density at radius 3 is 2.29 bits per heavy atom. The molecule has 0 saturated heterocycles. The Kier molecular flexibility index (Phi) is 5.12. The van der Waals surface area contributed by atoms with Gasteiger partial charge in [-0.3, -0.25) is 4.79 Å². The second kappa shape index (κ2) is 6.51. The van der Waals surface area contributed by atoms with Gasteiger partial charge < -0.3 is 5.32 Å². The maximum atomic E-state index is 12.4. The number of amides is 1. The molecule has 2 rings (SSSR count). The number of hydrogen-bond donors (Lipinski definition) is 1. The van der Waals surface area contributed by atoms with E-state index in [-0.39, 0.29) is 5.91 Å². The normalized spacial score (nSPS) is 11.3. The molecule has 0 saturated carbocycles. The lowest BCUT2D eigenvalue weighted by molar-refractivity contribution is 0.0911. The van der Waals surface area contributed by atoms with E-state index in [2.05, 4.69) is 37.2 Å². The molecule has 0 heterocycles. The van der Waals surface area contributed by atoms with E-state index in [4.69, 9.17) is 11.6 Å². The van der Waals surface area contributed by atoms with Crippen molar-refractivity contribution in [2.24, 2.45) is 0 Å². The topological polar surface area (TPSA) is 29.1 Å². The zero-order chi connectivity index (χ0) is 15.6. The number of hydrogen-bond acceptors (Lipinski definition) is 1. The fourth-order valence-electron chi connectivity index (χ4n) is 1.96. The van der Waals surface area contributed by atoms with Gasteiger partial charge in [-0.2, -0.15) is 0 Å². The first kappa shape index (κ1) is 16.5. The number of halogens is 3. The van der Waals surface area contributed by atoms with E-state index in [1.54, 1.807) is 18.2 Å². The van der Waals surface area contributed by atoms with E-state index in [1.165, 1.54) is 0 Å². The minimum absolute atomic E-state index is 0.147. The third-order valence-corrected chi connectivity index (χ3v) is 4.59. The Labute approximate surface area is 146 Å². The molecule has 5 heteroatoms. The molecular weight excluding hydrogens is 417 g/mol. The minimum Gasteiger partial charge on any atom is -0.343 e. The van der Waals surface area contributed by atoms with Crippen molar-refractivity contribution in [3.63, 3.8) is 0 Å². The molecule has 1 N–H and O–H groups in total. The van der Waals surface area contributed by atoms with Gasteiger partial charge in [0.1, 0.15) is 0 Å². The van der Waals surface area contributed by atoms with Crippen LogP contribution in [-0.2, 0) is 5.54 Å². The highest BCUT2D eigenvalue weighted by Crippen LogP contribution is 2.25. The SMILES string of the molecule is CC(C)(NC(=O)c1ccc(Cl)cc1Br)c1ccc(Br)cc1. The first-order valence-electron chi connectivity index (χ1n) is 6.33. The number of rotatable bonds is 3. The second-order valence-corrected chi connectivity index (χ2v) is 7.42. The molecule has 0 unspecified atom stereocenters. The van der Waals surface area contributed by atoms with Crippen LogP contribution in [0.25, 0.3) is 0 Å². The van der Waals surface area contributed by atoms with Crippen molar-refractivity contribution >= 4 is 49.4 Å². The van der Waals surface area contributed by atoms with Crippen LogP contribution in [-0.4, -0.2) is 5.91 Å². The molecule has 0 aliphatic rings. The minimum atomic E-state index is -0.475. The summed E-state index contributed by atoms with van der Waals surface area (Å²) >= 11 is 12.7. The van der Waals surface area contributed by atoms with Gasteiger partial charge in [0.2, 0.25) is 0 Å². The summed E-state index contributed by atoms with van der Waals surface area (Å²) in [6.07, 6.45) is 0. The van der Waals surface area contributed by atoms with Gasteiger partial charge in [0.05, 0.1) is 11.1 Å². The molecule has 0 spiro atoms. The van der Waals surface area contributed by atoms with E-state index in [0.29, 0.717) is 15.1 Å². The summed E-state index contributed by atoms with van der Waals surface area (Å²) in [4.78, 5) is 12.4. The molecule has 0 fully saturated rings. The Bertz CT molecular complexity index is 668. The van der Waals surface area contributed by atoms with Crippen LogP contribution in [0.2, 0.25) is 5.02 Å². The standard InChI is InChI=1S/C16H14Br2ClNO/c1-16(2,10-3-5-11(17)6-4-10)20-15(21)13-8-7-12(19)9-14(13)18/h3-9H,1-2H3,(H,20,21). The molecule has 0 radical (unpaired) electrons. The van der Waals surface area contributed by atoms with Crippen molar-refractivity contribution in [1.29, 1.82) is 0 Å². The maximum absolute atomic E-state index is 12.4. The summed E-state index contributed by atoms with van der Waals surface area (Å²) in [5.74, 6) is -0.147. The van der Waals surface area contributed by atoms with Crippen molar-refractivity contribution < 1.29 is 4.79 Å². The number of carbonyl (C=O) groups excluding carboxylic acids is 1. The fourth-order valence-corrected chi connectivity index (χ4v) is 3.09. The number of benzene rings is 2. The van der Waals surface area contributed by atoms with E-state index >= 15 is 0 Å². The van der Waals surface area contributed by atoms with Crippen molar-refractivity contribution in [1.82, 2.24) is 5.32 Å². The molecule has 2 aromatic rings. The van der Waals surface area contributed by atoms with Crippen LogP contribution in [0.3, 0.4) is 0 Å². The van der Waals surface area contributed by atoms with Gasteiger partial charge in [0.25, 0.3) is 5.91 Å². The summed E-state index contributed by atoms with van der Waals surface area (Å²) in [5, 5.41) is 3.63. The Hall–Kier alpha value is -0.840. The maximum Gasteiger partial charge on any atom is 0.253 e. The highest BCUT2D eigenvalue weighted by Gasteiger charge is 2.24. The van der Waals surface area contributed by atoms with Crippen LogP contribution in [0.4, 0.5) is 0 Å². The number of carbonyl (C=O) groups is 1. The highest BCUT2D eigenvalue weighted by atomic mass is 79.9. The summed E-state index contributed by atoms with van der Waals surface area (Å²) < 4.78 is 1.69. The summed E-state index contributed by atoms with van der Waals surface area (Å²) in [6, 6.07) is 13.0. The number of nitrogens with one attached hydrogen (secondary N) is 1. The van der Waals surface area contributed by atoms with Crippen LogP contribution in [0.5, 0.6) is 0 Å². The Morgan fingerprint density at radius 2 is 1.71 bits per heavy atom. The quantitative estimate of drug-likeness (QED) is 0.680. The summed E-state index contributed by atoms with van der Waals surface area (Å²) in [5.41, 5.74) is 1.12. The van der Waals surface area contributed by atoms with Crippen molar-refractivity contribution in [2.75, 3.05) is 0 Å². The average Bonchev–Trinajstić information content (AvgIpc) is 2.38. The lowest BCUT2D eigenvalue weighted by atomic mass is 9.94. The molecule has 2 aromatic carbocycles. The van der Waals surface area contributed by atoms with Gasteiger partial charge in [0.15, 0.2) is 0 Å². The van der Waals surface area contributed by atoms with E-state index < -0.39 is 5.54 Å². The van der Waals surface area contributed by atoms with E-state index in [9.17, 15) is 4.79 Å².